The lowest BCUT2D eigenvalue weighted by atomic mass is 9.71. The van der Waals surface area contributed by atoms with Gasteiger partial charge in [-0.3, -0.25) is 11.3 Å². The largest absolute Gasteiger partial charge is 0.302 e. The van der Waals surface area contributed by atoms with Crippen LogP contribution in [0.4, 0.5) is 0 Å². The second-order valence-electron chi connectivity index (χ2n) is 6.30. The van der Waals surface area contributed by atoms with Gasteiger partial charge in [0.05, 0.1) is 5.02 Å². The fraction of sp³-hybridized carbons (Fsp3) is 0.733. The highest BCUT2D eigenvalue weighted by Crippen LogP contribution is 2.39. The van der Waals surface area contributed by atoms with E-state index in [1.165, 1.54) is 30.6 Å². The van der Waals surface area contributed by atoms with Gasteiger partial charge >= 0.3 is 0 Å². The molecule has 1 unspecified atom stereocenters. The first-order valence-electron chi connectivity index (χ1n) is 7.35. The zero-order valence-electron chi connectivity index (χ0n) is 12.7. The minimum Gasteiger partial charge on any atom is -0.302 e. The maximum atomic E-state index is 6.26. The summed E-state index contributed by atoms with van der Waals surface area (Å²) >= 11 is 7.98. The van der Waals surface area contributed by atoms with Crippen molar-refractivity contribution in [3.8, 4) is 0 Å². The van der Waals surface area contributed by atoms with Gasteiger partial charge in [-0.05, 0) is 57.1 Å². The molecule has 0 saturated heterocycles. The van der Waals surface area contributed by atoms with Crippen LogP contribution in [0.5, 0.6) is 0 Å². The van der Waals surface area contributed by atoms with E-state index < -0.39 is 0 Å². The van der Waals surface area contributed by atoms with E-state index >= 15 is 0 Å². The van der Waals surface area contributed by atoms with E-state index in [0.29, 0.717) is 0 Å². The topological polar surface area (TPSA) is 41.3 Å². The quantitative estimate of drug-likeness (QED) is 0.647. The molecule has 0 amide bonds. The number of nitrogens with zero attached hydrogens (tertiary/aromatic N) is 1. The third-order valence-electron chi connectivity index (χ3n) is 4.96. The first-order chi connectivity index (χ1) is 9.49. The number of halogens is 1. The van der Waals surface area contributed by atoms with Crippen molar-refractivity contribution >= 4 is 22.9 Å². The Balaban J connectivity index is 2.20. The van der Waals surface area contributed by atoms with Gasteiger partial charge in [-0.1, -0.05) is 18.5 Å². The average Bonchev–Trinajstić information content (AvgIpc) is 2.82. The van der Waals surface area contributed by atoms with Crippen molar-refractivity contribution in [1.82, 2.24) is 10.3 Å². The Morgan fingerprint density at radius 1 is 1.50 bits per heavy atom. The van der Waals surface area contributed by atoms with Crippen LogP contribution in [0.1, 0.15) is 37.5 Å². The second kappa shape index (κ2) is 6.75. The molecule has 3 nitrogen and oxygen atoms in total. The molecule has 3 N–H and O–H groups in total. The van der Waals surface area contributed by atoms with E-state index in [-0.39, 0.29) is 11.6 Å². The number of rotatable bonds is 5. The second-order valence-corrected chi connectivity index (χ2v) is 7.70. The van der Waals surface area contributed by atoms with Crippen LogP contribution in [0.3, 0.4) is 0 Å². The van der Waals surface area contributed by atoms with Gasteiger partial charge in [0.15, 0.2) is 0 Å². The molecular formula is C15H26ClN3S. The summed E-state index contributed by atoms with van der Waals surface area (Å²) in [6, 6.07) is 2.21. The van der Waals surface area contributed by atoms with E-state index in [4.69, 9.17) is 17.4 Å². The van der Waals surface area contributed by atoms with Crippen molar-refractivity contribution in [1.29, 1.82) is 0 Å². The number of nitrogens with one attached hydrogen (secondary N) is 1. The van der Waals surface area contributed by atoms with Crippen molar-refractivity contribution < 1.29 is 0 Å². The molecule has 20 heavy (non-hydrogen) atoms. The molecule has 1 saturated carbocycles. The summed E-state index contributed by atoms with van der Waals surface area (Å²) in [6.07, 6.45) is 5.83. The zero-order chi connectivity index (χ0) is 14.8. The molecule has 1 heterocycles. The number of likely N-dealkylation sites (N-methyl/N-ethyl adjacent to an activating group) is 1. The molecule has 5 heteroatoms. The highest BCUT2D eigenvalue weighted by molar-refractivity contribution is 7.10. The maximum Gasteiger partial charge on any atom is 0.0545 e. The van der Waals surface area contributed by atoms with Crippen LogP contribution in [0.25, 0.3) is 0 Å². The molecule has 1 aromatic heterocycles. The minimum absolute atomic E-state index is 0.134. The first kappa shape index (κ1) is 16.2. The molecule has 0 aromatic carbocycles. The first-order valence-corrected chi connectivity index (χ1v) is 8.61. The number of hydrogen-bond donors (Lipinski definition) is 2. The summed E-state index contributed by atoms with van der Waals surface area (Å²) in [5.41, 5.74) is 3.21. The van der Waals surface area contributed by atoms with E-state index in [2.05, 4.69) is 36.7 Å². The van der Waals surface area contributed by atoms with E-state index in [1.807, 2.05) is 6.07 Å². The predicted molar refractivity (Wildman–Crippen MR) is 88.2 cm³/mol. The summed E-state index contributed by atoms with van der Waals surface area (Å²) in [7, 11) is 4.35. The predicted octanol–water partition coefficient (Wildman–Crippen LogP) is 3.29. The normalized spacial score (nSPS) is 28.8. The van der Waals surface area contributed by atoms with Crippen LogP contribution in [-0.2, 0) is 6.42 Å². The maximum absolute atomic E-state index is 6.26. The lowest BCUT2D eigenvalue weighted by Crippen LogP contribution is -2.62. The summed E-state index contributed by atoms with van der Waals surface area (Å²) < 4.78 is 0. The summed E-state index contributed by atoms with van der Waals surface area (Å²) in [4.78, 5) is 3.60. The van der Waals surface area contributed by atoms with E-state index in [1.54, 1.807) is 11.3 Å². The van der Waals surface area contributed by atoms with Gasteiger partial charge in [0.25, 0.3) is 0 Å². The number of hydrogen-bond acceptors (Lipinski definition) is 4. The molecule has 0 aliphatic heterocycles. The zero-order valence-corrected chi connectivity index (χ0v) is 14.2. The van der Waals surface area contributed by atoms with Gasteiger partial charge in [-0.2, -0.15) is 0 Å². The third kappa shape index (κ3) is 3.20. The van der Waals surface area contributed by atoms with Gasteiger partial charge in [0.1, 0.15) is 0 Å². The molecule has 0 bridgehead atoms. The number of hydrazine groups is 1. The van der Waals surface area contributed by atoms with Crippen LogP contribution < -0.4 is 11.3 Å². The van der Waals surface area contributed by atoms with Crippen molar-refractivity contribution in [2.24, 2.45) is 11.8 Å². The highest BCUT2D eigenvalue weighted by atomic mass is 35.5. The highest BCUT2D eigenvalue weighted by Gasteiger charge is 2.42. The molecular weight excluding hydrogens is 290 g/mol. The Morgan fingerprint density at radius 3 is 2.60 bits per heavy atom. The Kier molecular flexibility index (Phi) is 5.49. The molecule has 114 valence electrons. The monoisotopic (exact) mass is 315 g/mol. The Bertz CT molecular complexity index is 425. The van der Waals surface area contributed by atoms with Crippen LogP contribution in [-0.4, -0.2) is 30.6 Å². The van der Waals surface area contributed by atoms with Crippen LogP contribution in [0.15, 0.2) is 11.4 Å². The minimum atomic E-state index is 0.134. The molecule has 2 rings (SSSR count). The van der Waals surface area contributed by atoms with Crippen molar-refractivity contribution in [2.45, 2.75) is 50.6 Å². The molecule has 1 atom stereocenters. The number of thiophene rings is 1. The van der Waals surface area contributed by atoms with Crippen LogP contribution >= 0.6 is 22.9 Å². The van der Waals surface area contributed by atoms with Crippen molar-refractivity contribution in [2.75, 3.05) is 14.1 Å². The summed E-state index contributed by atoms with van der Waals surface area (Å²) in [5, 5.41) is 2.92. The van der Waals surface area contributed by atoms with Gasteiger partial charge < -0.3 is 4.90 Å². The third-order valence-corrected chi connectivity index (χ3v) is 6.37. The molecule has 1 aromatic rings. The summed E-state index contributed by atoms with van der Waals surface area (Å²) in [5.74, 6) is 6.74. The fourth-order valence-corrected chi connectivity index (χ4v) is 4.59. The lowest BCUT2D eigenvalue weighted by molar-refractivity contribution is 0.0437. The van der Waals surface area contributed by atoms with Gasteiger partial charge in [0.2, 0.25) is 0 Å². The van der Waals surface area contributed by atoms with Gasteiger partial charge in [-0.25, -0.2) is 0 Å². The number of nitrogens with two attached hydrogens (primary N) is 1. The molecule has 1 aliphatic rings. The molecule has 1 aliphatic carbocycles. The molecule has 1 fully saturated rings. The molecule has 0 spiro atoms. The smallest absolute Gasteiger partial charge is 0.0545 e. The van der Waals surface area contributed by atoms with Crippen molar-refractivity contribution in [3.05, 3.63) is 21.3 Å². The van der Waals surface area contributed by atoms with Crippen LogP contribution in [0, 0.1) is 5.92 Å². The Morgan fingerprint density at radius 2 is 2.15 bits per heavy atom. The molecule has 0 radical (unpaired) electrons. The Labute approximate surface area is 131 Å². The van der Waals surface area contributed by atoms with Gasteiger partial charge in [-0.15, -0.1) is 11.3 Å². The average molecular weight is 316 g/mol. The Hall–Kier alpha value is -0.130. The van der Waals surface area contributed by atoms with Crippen molar-refractivity contribution in [3.63, 3.8) is 0 Å². The van der Waals surface area contributed by atoms with E-state index in [9.17, 15) is 0 Å². The standard InChI is InChI=1S/C15H26ClN3S/c1-11-4-7-15(8-5-11,19(2)3)14(18-17)10-13-12(16)6-9-20-13/h6,9,11,14,18H,4-5,7-8,10,17H2,1-3H3. The fourth-order valence-electron chi connectivity index (χ4n) is 3.43. The summed E-state index contributed by atoms with van der Waals surface area (Å²) in [6.45, 7) is 2.35. The van der Waals surface area contributed by atoms with Crippen LogP contribution in [0.2, 0.25) is 5.02 Å². The van der Waals surface area contributed by atoms with Gasteiger partial charge in [0, 0.05) is 22.9 Å². The SMILES string of the molecule is CC1CCC(C(Cc2sccc2Cl)NN)(N(C)C)CC1. The van der Waals surface area contributed by atoms with E-state index in [0.717, 1.165) is 17.4 Å². The lowest BCUT2D eigenvalue weighted by Gasteiger charge is -2.49.